The Bertz CT molecular complexity index is 671. The van der Waals surface area contributed by atoms with E-state index in [1.807, 2.05) is 17.9 Å². The Kier molecular flexibility index (Phi) is 6.34. The summed E-state index contributed by atoms with van der Waals surface area (Å²) in [7, 11) is -2.02. The third-order valence-electron chi connectivity index (χ3n) is 4.22. The Balaban J connectivity index is 1.94. The second-order valence-corrected chi connectivity index (χ2v) is 7.69. The molecule has 2 rings (SSSR count). The van der Waals surface area contributed by atoms with Gasteiger partial charge in [0.1, 0.15) is 0 Å². The van der Waals surface area contributed by atoms with Gasteiger partial charge in [0.2, 0.25) is 10.0 Å². The van der Waals surface area contributed by atoms with Gasteiger partial charge in [-0.2, -0.15) is 0 Å². The van der Waals surface area contributed by atoms with Gasteiger partial charge in [-0.1, -0.05) is 19.1 Å². The standard InChI is InChI=1S/C16H24N2O5S/c1-3-18(10-16(19)20)14-8-13(9-14)17-24(21,22)15-6-4-5-12(7-15)11-23-2/h4-7,13-14,17H,3,8-11H2,1-2H3,(H,19,20). The number of ether oxygens (including phenoxy) is 1. The van der Waals surface area contributed by atoms with Crippen molar-refractivity contribution in [3.8, 4) is 0 Å². The van der Waals surface area contributed by atoms with E-state index in [2.05, 4.69) is 4.72 Å². The van der Waals surface area contributed by atoms with E-state index in [1.165, 1.54) is 0 Å². The van der Waals surface area contributed by atoms with Crippen LogP contribution in [-0.4, -0.2) is 56.7 Å². The maximum Gasteiger partial charge on any atom is 0.317 e. The summed E-state index contributed by atoms with van der Waals surface area (Å²) in [5.74, 6) is -0.865. The number of nitrogens with one attached hydrogen (secondary N) is 1. The van der Waals surface area contributed by atoms with Crippen LogP contribution >= 0.6 is 0 Å². The Morgan fingerprint density at radius 2 is 2.12 bits per heavy atom. The average molecular weight is 356 g/mol. The van der Waals surface area contributed by atoms with Crippen LogP contribution in [0.4, 0.5) is 0 Å². The van der Waals surface area contributed by atoms with Crippen molar-refractivity contribution in [2.75, 3.05) is 20.2 Å². The molecule has 1 fully saturated rings. The van der Waals surface area contributed by atoms with Crippen LogP contribution in [0.15, 0.2) is 29.2 Å². The van der Waals surface area contributed by atoms with E-state index < -0.39 is 16.0 Å². The molecule has 0 spiro atoms. The lowest BCUT2D eigenvalue weighted by molar-refractivity contribution is -0.139. The molecule has 0 atom stereocenters. The summed E-state index contributed by atoms with van der Waals surface area (Å²) >= 11 is 0. The number of nitrogens with zero attached hydrogens (tertiary/aromatic N) is 1. The van der Waals surface area contributed by atoms with Crippen LogP contribution in [0.2, 0.25) is 0 Å². The van der Waals surface area contributed by atoms with Gasteiger partial charge in [-0.05, 0) is 37.1 Å². The molecule has 1 aliphatic rings. The molecule has 0 aromatic heterocycles. The van der Waals surface area contributed by atoms with E-state index in [1.54, 1.807) is 25.3 Å². The SMILES string of the molecule is CCN(CC(=O)O)C1CC(NS(=O)(=O)c2cccc(COC)c2)C1. The lowest BCUT2D eigenvalue weighted by Gasteiger charge is -2.42. The van der Waals surface area contributed by atoms with Gasteiger partial charge in [-0.25, -0.2) is 13.1 Å². The van der Waals surface area contributed by atoms with E-state index in [4.69, 9.17) is 9.84 Å². The summed E-state index contributed by atoms with van der Waals surface area (Å²) in [6.45, 7) is 2.88. The maximum absolute atomic E-state index is 12.5. The van der Waals surface area contributed by atoms with Gasteiger partial charge in [0, 0.05) is 19.2 Å². The summed E-state index contributed by atoms with van der Waals surface area (Å²) in [4.78, 5) is 12.9. The Morgan fingerprint density at radius 3 is 2.71 bits per heavy atom. The molecular formula is C16H24N2O5S. The number of sulfonamides is 1. The molecule has 7 nitrogen and oxygen atoms in total. The minimum Gasteiger partial charge on any atom is -0.480 e. The molecule has 1 aromatic carbocycles. The van der Waals surface area contributed by atoms with Crippen LogP contribution in [-0.2, 0) is 26.2 Å². The highest BCUT2D eigenvalue weighted by molar-refractivity contribution is 7.89. The smallest absolute Gasteiger partial charge is 0.317 e. The summed E-state index contributed by atoms with van der Waals surface area (Å²) in [6, 6.07) is 6.61. The molecule has 0 unspecified atom stereocenters. The molecule has 2 N–H and O–H groups in total. The van der Waals surface area contributed by atoms with Crippen molar-refractivity contribution in [2.45, 2.75) is 43.4 Å². The summed E-state index contributed by atoms with van der Waals surface area (Å²) < 4.78 is 32.6. The Hall–Kier alpha value is -1.48. The molecule has 24 heavy (non-hydrogen) atoms. The third-order valence-corrected chi connectivity index (χ3v) is 5.73. The van der Waals surface area contributed by atoms with Crippen LogP contribution in [0.3, 0.4) is 0 Å². The fourth-order valence-electron chi connectivity index (χ4n) is 2.91. The van der Waals surface area contributed by atoms with Gasteiger partial charge < -0.3 is 9.84 Å². The minimum atomic E-state index is -3.58. The summed E-state index contributed by atoms with van der Waals surface area (Å²) in [6.07, 6.45) is 1.25. The van der Waals surface area contributed by atoms with E-state index in [0.717, 1.165) is 5.56 Å². The first-order valence-electron chi connectivity index (χ1n) is 7.91. The average Bonchev–Trinajstić information content (AvgIpc) is 2.49. The molecule has 0 heterocycles. The van der Waals surface area contributed by atoms with Gasteiger partial charge in [0.15, 0.2) is 0 Å². The zero-order valence-corrected chi connectivity index (χ0v) is 14.8. The molecule has 1 saturated carbocycles. The highest BCUT2D eigenvalue weighted by Gasteiger charge is 2.36. The van der Waals surface area contributed by atoms with Crippen LogP contribution in [0.25, 0.3) is 0 Å². The van der Waals surface area contributed by atoms with Crippen molar-refractivity contribution < 1.29 is 23.1 Å². The number of methoxy groups -OCH3 is 1. The number of carboxylic acids is 1. The lowest BCUT2D eigenvalue weighted by atomic mass is 9.86. The Morgan fingerprint density at radius 1 is 1.42 bits per heavy atom. The van der Waals surface area contributed by atoms with E-state index >= 15 is 0 Å². The van der Waals surface area contributed by atoms with Crippen molar-refractivity contribution in [1.82, 2.24) is 9.62 Å². The fraction of sp³-hybridized carbons (Fsp3) is 0.562. The summed E-state index contributed by atoms with van der Waals surface area (Å²) in [5, 5.41) is 8.89. The molecule has 134 valence electrons. The number of carbonyl (C=O) groups is 1. The normalized spacial score (nSPS) is 20.8. The monoisotopic (exact) mass is 356 g/mol. The first-order chi connectivity index (χ1) is 11.4. The second-order valence-electron chi connectivity index (χ2n) is 5.98. The van der Waals surface area contributed by atoms with Crippen molar-refractivity contribution in [2.24, 2.45) is 0 Å². The van der Waals surface area contributed by atoms with Gasteiger partial charge in [-0.15, -0.1) is 0 Å². The second kappa shape index (κ2) is 8.06. The van der Waals surface area contributed by atoms with Gasteiger partial charge in [-0.3, -0.25) is 9.69 Å². The number of benzene rings is 1. The van der Waals surface area contributed by atoms with Crippen LogP contribution in [0.1, 0.15) is 25.3 Å². The first kappa shape index (κ1) is 18.9. The predicted octanol–water partition coefficient (Wildman–Crippen LogP) is 1.05. The molecule has 0 aliphatic heterocycles. The van der Waals surface area contributed by atoms with E-state index in [-0.39, 0.29) is 23.5 Å². The molecule has 1 aromatic rings. The zero-order valence-electron chi connectivity index (χ0n) is 13.9. The molecule has 0 amide bonds. The molecule has 0 bridgehead atoms. The zero-order chi connectivity index (χ0) is 17.7. The van der Waals surface area contributed by atoms with Crippen molar-refractivity contribution >= 4 is 16.0 Å². The highest BCUT2D eigenvalue weighted by Crippen LogP contribution is 2.27. The lowest BCUT2D eigenvalue weighted by Crippen LogP contribution is -2.54. The Labute approximate surface area is 142 Å². The molecular weight excluding hydrogens is 332 g/mol. The van der Waals surface area contributed by atoms with Crippen molar-refractivity contribution in [3.63, 3.8) is 0 Å². The number of carboxylic acid groups (broad SMARTS) is 1. The predicted molar refractivity (Wildman–Crippen MR) is 89.2 cm³/mol. The topological polar surface area (TPSA) is 95.9 Å². The van der Waals surface area contributed by atoms with Crippen LogP contribution in [0.5, 0.6) is 0 Å². The van der Waals surface area contributed by atoms with Gasteiger partial charge in [0.25, 0.3) is 0 Å². The molecule has 0 radical (unpaired) electrons. The van der Waals surface area contributed by atoms with Crippen LogP contribution < -0.4 is 4.72 Å². The van der Waals surface area contributed by atoms with E-state index in [0.29, 0.717) is 26.0 Å². The molecule has 1 aliphatic carbocycles. The van der Waals surface area contributed by atoms with Crippen molar-refractivity contribution in [1.29, 1.82) is 0 Å². The maximum atomic E-state index is 12.5. The fourth-order valence-corrected chi connectivity index (χ4v) is 4.24. The number of aliphatic carboxylic acids is 1. The van der Waals surface area contributed by atoms with Gasteiger partial charge in [0.05, 0.1) is 18.0 Å². The third kappa shape index (κ3) is 4.76. The quantitative estimate of drug-likeness (QED) is 0.687. The number of hydrogen-bond donors (Lipinski definition) is 2. The van der Waals surface area contributed by atoms with E-state index in [9.17, 15) is 13.2 Å². The largest absolute Gasteiger partial charge is 0.480 e. The number of hydrogen-bond acceptors (Lipinski definition) is 5. The van der Waals surface area contributed by atoms with Crippen molar-refractivity contribution in [3.05, 3.63) is 29.8 Å². The molecule has 8 heteroatoms. The summed E-state index contributed by atoms with van der Waals surface area (Å²) in [5.41, 5.74) is 0.797. The molecule has 0 saturated heterocycles. The first-order valence-corrected chi connectivity index (χ1v) is 9.40. The number of rotatable bonds is 9. The highest BCUT2D eigenvalue weighted by atomic mass is 32.2. The number of likely N-dealkylation sites (N-methyl/N-ethyl adjacent to an activating group) is 1. The van der Waals surface area contributed by atoms with Crippen LogP contribution in [0, 0.1) is 0 Å². The van der Waals surface area contributed by atoms with Gasteiger partial charge >= 0.3 is 5.97 Å². The minimum absolute atomic E-state index is 0.0142.